The van der Waals surface area contributed by atoms with E-state index in [2.05, 4.69) is 0 Å². The number of piperidine rings is 1. The lowest BCUT2D eigenvalue weighted by molar-refractivity contribution is -0.132. The second-order valence-electron chi connectivity index (χ2n) is 7.60. The molecule has 0 N–H and O–H groups in total. The van der Waals surface area contributed by atoms with Crippen LogP contribution >= 0.6 is 0 Å². The number of nitrogens with zero attached hydrogens (tertiary/aromatic N) is 2. The summed E-state index contributed by atoms with van der Waals surface area (Å²) in [4.78, 5) is 14.9. The molecular formula is C20H30N2O3S. The van der Waals surface area contributed by atoms with Gasteiger partial charge in [0.2, 0.25) is 15.9 Å². The fourth-order valence-corrected chi connectivity index (χ4v) is 5.64. The number of carbonyl (C=O) groups is 1. The second-order valence-corrected chi connectivity index (χ2v) is 9.49. The number of likely N-dealkylation sites (tertiary alicyclic amines) is 1. The first-order chi connectivity index (χ1) is 12.5. The van der Waals surface area contributed by atoms with Gasteiger partial charge >= 0.3 is 0 Å². The Morgan fingerprint density at radius 1 is 1.00 bits per heavy atom. The van der Waals surface area contributed by atoms with E-state index in [1.54, 1.807) is 12.1 Å². The molecule has 0 atom stereocenters. The van der Waals surface area contributed by atoms with Crippen molar-refractivity contribution in [3.8, 4) is 0 Å². The molecule has 1 aliphatic heterocycles. The quantitative estimate of drug-likeness (QED) is 0.790. The van der Waals surface area contributed by atoms with E-state index in [0.717, 1.165) is 70.0 Å². The van der Waals surface area contributed by atoms with Crippen molar-refractivity contribution in [2.24, 2.45) is 0 Å². The smallest absolute Gasteiger partial charge is 0.243 e. The van der Waals surface area contributed by atoms with Crippen molar-refractivity contribution >= 4 is 15.9 Å². The van der Waals surface area contributed by atoms with Crippen LogP contribution in [0.1, 0.15) is 56.9 Å². The van der Waals surface area contributed by atoms with Gasteiger partial charge in [-0.3, -0.25) is 4.79 Å². The Bertz CT molecular complexity index is 703. The van der Waals surface area contributed by atoms with Crippen LogP contribution in [-0.4, -0.2) is 49.2 Å². The highest BCUT2D eigenvalue weighted by molar-refractivity contribution is 7.89. The van der Waals surface area contributed by atoms with Crippen molar-refractivity contribution in [2.45, 2.75) is 69.2 Å². The molecule has 3 rings (SSSR count). The van der Waals surface area contributed by atoms with Crippen LogP contribution in [-0.2, 0) is 14.8 Å². The number of aryl methyl sites for hydroxylation is 1. The number of amides is 1. The van der Waals surface area contributed by atoms with Gasteiger partial charge in [-0.15, -0.1) is 0 Å². The molecule has 5 nitrogen and oxygen atoms in total. The normalized spacial score (nSPS) is 19.7. The summed E-state index contributed by atoms with van der Waals surface area (Å²) in [7, 11) is -3.67. The van der Waals surface area contributed by atoms with Gasteiger partial charge in [-0.1, -0.05) is 37.0 Å². The maximum atomic E-state index is 13.3. The molecule has 6 heteroatoms. The largest absolute Gasteiger partial charge is 0.342 e. The minimum absolute atomic E-state index is 0.0269. The number of hydrogen-bond donors (Lipinski definition) is 0. The highest BCUT2D eigenvalue weighted by Gasteiger charge is 2.35. The van der Waals surface area contributed by atoms with Gasteiger partial charge in [0.1, 0.15) is 0 Å². The summed E-state index contributed by atoms with van der Waals surface area (Å²) >= 11 is 0. The van der Waals surface area contributed by atoms with Gasteiger partial charge < -0.3 is 4.90 Å². The Balaban J connectivity index is 1.84. The van der Waals surface area contributed by atoms with E-state index >= 15 is 0 Å². The van der Waals surface area contributed by atoms with E-state index in [4.69, 9.17) is 0 Å². The summed E-state index contributed by atoms with van der Waals surface area (Å²) in [6, 6.07) is 6.89. The van der Waals surface area contributed by atoms with Crippen molar-refractivity contribution in [1.29, 1.82) is 0 Å². The second kappa shape index (κ2) is 8.53. The van der Waals surface area contributed by atoms with E-state index in [1.807, 2.05) is 24.0 Å². The molecule has 1 saturated heterocycles. The molecule has 144 valence electrons. The van der Waals surface area contributed by atoms with Crippen molar-refractivity contribution in [3.05, 3.63) is 29.8 Å². The van der Waals surface area contributed by atoms with E-state index in [1.165, 1.54) is 4.31 Å². The first kappa shape index (κ1) is 19.4. The number of hydrogen-bond acceptors (Lipinski definition) is 3. The average molecular weight is 379 g/mol. The minimum Gasteiger partial charge on any atom is -0.342 e. The van der Waals surface area contributed by atoms with Crippen molar-refractivity contribution in [3.63, 3.8) is 0 Å². The van der Waals surface area contributed by atoms with E-state index in [9.17, 15) is 13.2 Å². The summed E-state index contributed by atoms with van der Waals surface area (Å²) < 4.78 is 28.1. The van der Waals surface area contributed by atoms with Gasteiger partial charge in [0.05, 0.1) is 11.4 Å². The fourth-order valence-electron chi connectivity index (χ4n) is 4.00. The number of benzene rings is 1. The van der Waals surface area contributed by atoms with Gasteiger partial charge in [0, 0.05) is 19.1 Å². The van der Waals surface area contributed by atoms with E-state index in [0.29, 0.717) is 4.90 Å². The molecule has 2 fully saturated rings. The van der Waals surface area contributed by atoms with Gasteiger partial charge in [-0.05, 0) is 51.2 Å². The van der Waals surface area contributed by atoms with Crippen LogP contribution in [0.15, 0.2) is 29.2 Å². The molecule has 1 amide bonds. The zero-order chi connectivity index (χ0) is 18.6. The summed E-state index contributed by atoms with van der Waals surface area (Å²) in [5, 5.41) is 0. The molecule has 0 unspecified atom stereocenters. The first-order valence-electron chi connectivity index (χ1n) is 9.85. The molecule has 0 radical (unpaired) electrons. The minimum atomic E-state index is -3.67. The third-order valence-corrected chi connectivity index (χ3v) is 7.52. The molecule has 0 spiro atoms. The molecule has 1 aliphatic carbocycles. The summed E-state index contributed by atoms with van der Waals surface area (Å²) in [6.45, 7) is 3.42. The molecular weight excluding hydrogens is 348 g/mol. The maximum Gasteiger partial charge on any atom is 0.243 e. The molecule has 1 saturated carbocycles. The van der Waals surface area contributed by atoms with Gasteiger partial charge in [0.15, 0.2) is 0 Å². The molecule has 2 aliphatic rings. The van der Waals surface area contributed by atoms with E-state index in [-0.39, 0.29) is 18.5 Å². The lowest BCUT2D eigenvalue weighted by atomic mass is 9.95. The molecule has 1 heterocycles. The third-order valence-electron chi connectivity index (χ3n) is 5.61. The lowest BCUT2D eigenvalue weighted by Gasteiger charge is -2.35. The predicted octanol–water partition coefficient (Wildman–Crippen LogP) is 3.33. The van der Waals surface area contributed by atoms with Crippen LogP contribution in [0.5, 0.6) is 0 Å². The lowest BCUT2D eigenvalue weighted by Crippen LogP contribution is -2.49. The zero-order valence-corrected chi connectivity index (χ0v) is 16.5. The first-order valence-corrected chi connectivity index (χ1v) is 11.3. The third kappa shape index (κ3) is 4.46. The Morgan fingerprint density at radius 3 is 2.19 bits per heavy atom. The zero-order valence-electron chi connectivity index (χ0n) is 15.7. The standard InChI is InChI=1S/C20H30N2O3S/c1-17-10-12-19(13-11-17)26(24,25)22(18-8-4-2-5-9-18)16-20(23)21-14-6-3-7-15-21/h10-13,18H,2-9,14-16H2,1H3. The van der Waals surface area contributed by atoms with Crippen molar-refractivity contribution in [2.75, 3.05) is 19.6 Å². The van der Waals surface area contributed by atoms with Gasteiger partial charge in [-0.2, -0.15) is 4.31 Å². The Morgan fingerprint density at radius 2 is 1.58 bits per heavy atom. The molecule has 0 aromatic heterocycles. The van der Waals surface area contributed by atoms with Crippen LogP contribution in [0.4, 0.5) is 0 Å². The Hall–Kier alpha value is -1.40. The highest BCUT2D eigenvalue weighted by atomic mass is 32.2. The number of sulfonamides is 1. The van der Waals surface area contributed by atoms with Crippen molar-refractivity contribution < 1.29 is 13.2 Å². The van der Waals surface area contributed by atoms with Crippen LogP contribution in [0.3, 0.4) is 0 Å². The van der Waals surface area contributed by atoms with Crippen LogP contribution < -0.4 is 0 Å². The maximum absolute atomic E-state index is 13.3. The molecule has 0 bridgehead atoms. The summed E-state index contributed by atoms with van der Waals surface area (Å²) in [5.41, 5.74) is 1.03. The average Bonchev–Trinajstić information content (AvgIpc) is 2.67. The van der Waals surface area contributed by atoms with Crippen LogP contribution in [0.25, 0.3) is 0 Å². The van der Waals surface area contributed by atoms with Gasteiger partial charge in [-0.25, -0.2) is 8.42 Å². The van der Waals surface area contributed by atoms with Crippen LogP contribution in [0, 0.1) is 6.92 Å². The fraction of sp³-hybridized carbons (Fsp3) is 0.650. The SMILES string of the molecule is Cc1ccc(S(=O)(=O)N(CC(=O)N2CCCCC2)C2CCCCC2)cc1. The topological polar surface area (TPSA) is 57.7 Å². The van der Waals surface area contributed by atoms with E-state index < -0.39 is 10.0 Å². The molecule has 26 heavy (non-hydrogen) atoms. The van der Waals surface area contributed by atoms with Crippen LogP contribution in [0.2, 0.25) is 0 Å². The van der Waals surface area contributed by atoms with Crippen molar-refractivity contribution in [1.82, 2.24) is 9.21 Å². The molecule has 1 aromatic rings. The predicted molar refractivity (Wildman–Crippen MR) is 102 cm³/mol. The monoisotopic (exact) mass is 378 g/mol. The summed E-state index contributed by atoms with van der Waals surface area (Å²) in [5.74, 6) is -0.0500. The molecule has 1 aromatic carbocycles. The highest BCUT2D eigenvalue weighted by Crippen LogP contribution is 2.28. The number of rotatable bonds is 5. The Labute approximate surface area is 157 Å². The summed E-state index contributed by atoms with van der Waals surface area (Å²) in [6.07, 6.45) is 8.08. The Kier molecular flexibility index (Phi) is 6.35. The van der Waals surface area contributed by atoms with Gasteiger partial charge in [0.25, 0.3) is 0 Å². The number of carbonyl (C=O) groups excluding carboxylic acids is 1.